The number of carbonyl (C=O) groups excluding carboxylic acids is 1. The normalized spacial score (nSPS) is 19.5. The Morgan fingerprint density at radius 2 is 2.35 bits per heavy atom. The van der Waals surface area contributed by atoms with Crippen LogP contribution in [0.2, 0.25) is 0 Å². The number of Topliss-reactive ketones (excluding diaryl/α,β-unsaturated/α-hetero) is 1. The molecule has 0 N–H and O–H groups in total. The fourth-order valence-corrected chi connectivity index (χ4v) is 2.42. The molecular formula is C13H14BrFO2. The molecule has 1 aliphatic heterocycles. The molecule has 1 saturated heterocycles. The van der Waals surface area contributed by atoms with Crippen LogP contribution in [0.3, 0.4) is 0 Å². The van der Waals surface area contributed by atoms with Gasteiger partial charge in [0.2, 0.25) is 0 Å². The van der Waals surface area contributed by atoms with Gasteiger partial charge in [-0.3, -0.25) is 4.79 Å². The highest BCUT2D eigenvalue weighted by molar-refractivity contribution is 9.10. The number of benzene rings is 1. The SMILES string of the molecule is O=C(Cc1cc(F)ccc1Br)CC1CCOC1. The Morgan fingerprint density at radius 1 is 1.53 bits per heavy atom. The van der Waals surface area contributed by atoms with Gasteiger partial charge < -0.3 is 4.74 Å². The van der Waals surface area contributed by atoms with E-state index in [1.165, 1.54) is 12.1 Å². The van der Waals surface area contributed by atoms with Gasteiger partial charge in [0, 0.05) is 30.5 Å². The highest BCUT2D eigenvalue weighted by Gasteiger charge is 2.19. The minimum absolute atomic E-state index is 0.145. The Kier molecular flexibility index (Phi) is 4.29. The van der Waals surface area contributed by atoms with Crippen molar-refractivity contribution in [2.24, 2.45) is 5.92 Å². The summed E-state index contributed by atoms with van der Waals surface area (Å²) in [6.07, 6.45) is 1.77. The smallest absolute Gasteiger partial charge is 0.137 e. The summed E-state index contributed by atoms with van der Waals surface area (Å²) in [7, 11) is 0. The van der Waals surface area contributed by atoms with Crippen LogP contribution in [0, 0.1) is 11.7 Å². The van der Waals surface area contributed by atoms with Crippen LogP contribution < -0.4 is 0 Å². The van der Waals surface area contributed by atoms with Gasteiger partial charge in [-0.15, -0.1) is 0 Å². The van der Waals surface area contributed by atoms with E-state index in [-0.39, 0.29) is 18.0 Å². The minimum atomic E-state index is -0.305. The Hall–Kier alpha value is -0.740. The summed E-state index contributed by atoms with van der Waals surface area (Å²) in [6, 6.07) is 4.42. The van der Waals surface area contributed by atoms with Crippen LogP contribution in [0.5, 0.6) is 0 Å². The molecule has 0 amide bonds. The van der Waals surface area contributed by atoms with Gasteiger partial charge in [-0.05, 0) is 36.1 Å². The van der Waals surface area contributed by atoms with Gasteiger partial charge in [0.05, 0.1) is 0 Å². The Labute approximate surface area is 108 Å². The summed E-state index contributed by atoms with van der Waals surface area (Å²) in [5.74, 6) is 0.182. The van der Waals surface area contributed by atoms with Crippen molar-refractivity contribution in [2.75, 3.05) is 13.2 Å². The van der Waals surface area contributed by atoms with Crippen LogP contribution in [-0.2, 0) is 16.0 Å². The van der Waals surface area contributed by atoms with Crippen LogP contribution in [0.1, 0.15) is 18.4 Å². The average Bonchev–Trinajstić information content (AvgIpc) is 2.76. The molecule has 1 heterocycles. The summed E-state index contributed by atoms with van der Waals surface area (Å²) in [5, 5.41) is 0. The second-order valence-electron chi connectivity index (χ2n) is 4.38. The molecule has 0 saturated carbocycles. The van der Waals surface area contributed by atoms with Crippen molar-refractivity contribution in [2.45, 2.75) is 19.3 Å². The molecule has 17 heavy (non-hydrogen) atoms. The van der Waals surface area contributed by atoms with Crippen molar-refractivity contribution in [3.63, 3.8) is 0 Å². The van der Waals surface area contributed by atoms with E-state index in [0.29, 0.717) is 24.5 Å². The quantitative estimate of drug-likeness (QED) is 0.854. The van der Waals surface area contributed by atoms with Crippen molar-refractivity contribution in [3.05, 3.63) is 34.1 Å². The number of carbonyl (C=O) groups is 1. The summed E-state index contributed by atoms with van der Waals surface area (Å²) in [6.45, 7) is 1.43. The number of ketones is 1. The first-order chi connectivity index (χ1) is 8.15. The van der Waals surface area contributed by atoms with Crippen molar-refractivity contribution < 1.29 is 13.9 Å². The molecule has 0 radical (unpaired) electrons. The lowest BCUT2D eigenvalue weighted by Crippen LogP contribution is -2.11. The van der Waals surface area contributed by atoms with Gasteiger partial charge in [0.25, 0.3) is 0 Å². The molecule has 0 aromatic heterocycles. The molecule has 1 fully saturated rings. The van der Waals surface area contributed by atoms with E-state index in [9.17, 15) is 9.18 Å². The molecule has 1 atom stereocenters. The maximum absolute atomic E-state index is 13.1. The molecule has 4 heteroatoms. The zero-order valence-corrected chi connectivity index (χ0v) is 11.0. The molecule has 2 rings (SSSR count). The predicted octanol–water partition coefficient (Wildman–Crippen LogP) is 3.13. The first-order valence-electron chi connectivity index (χ1n) is 5.68. The van der Waals surface area contributed by atoms with Gasteiger partial charge in [-0.2, -0.15) is 0 Å². The standard InChI is InChI=1S/C13H14BrFO2/c14-13-2-1-11(15)6-10(13)7-12(16)5-9-3-4-17-8-9/h1-2,6,9H,3-5,7-8H2. The van der Waals surface area contributed by atoms with Crippen LogP contribution in [-0.4, -0.2) is 19.0 Å². The van der Waals surface area contributed by atoms with Crippen molar-refractivity contribution >= 4 is 21.7 Å². The third-order valence-electron chi connectivity index (χ3n) is 2.94. The van der Waals surface area contributed by atoms with Crippen LogP contribution >= 0.6 is 15.9 Å². The van der Waals surface area contributed by atoms with Crippen molar-refractivity contribution in [1.29, 1.82) is 0 Å². The molecule has 1 aromatic carbocycles. The zero-order chi connectivity index (χ0) is 12.3. The Bertz CT molecular complexity index is 414. The van der Waals surface area contributed by atoms with Gasteiger partial charge in [-0.25, -0.2) is 4.39 Å². The van der Waals surface area contributed by atoms with Crippen molar-refractivity contribution in [3.8, 4) is 0 Å². The highest BCUT2D eigenvalue weighted by atomic mass is 79.9. The number of hydrogen-bond donors (Lipinski definition) is 0. The van der Waals surface area contributed by atoms with Crippen molar-refractivity contribution in [1.82, 2.24) is 0 Å². The molecule has 1 unspecified atom stereocenters. The number of rotatable bonds is 4. The Balaban J connectivity index is 1.95. The predicted molar refractivity (Wildman–Crippen MR) is 66.4 cm³/mol. The minimum Gasteiger partial charge on any atom is -0.381 e. The first-order valence-corrected chi connectivity index (χ1v) is 6.48. The average molecular weight is 301 g/mol. The highest BCUT2D eigenvalue weighted by Crippen LogP contribution is 2.21. The fourth-order valence-electron chi connectivity index (χ4n) is 2.03. The fraction of sp³-hybridized carbons (Fsp3) is 0.462. The third kappa shape index (κ3) is 3.61. The molecular weight excluding hydrogens is 287 g/mol. The van der Waals surface area contributed by atoms with E-state index in [4.69, 9.17) is 4.74 Å². The molecule has 0 aliphatic carbocycles. The summed E-state index contributed by atoms with van der Waals surface area (Å²) >= 11 is 3.33. The van der Waals surface area contributed by atoms with Crippen LogP contribution in [0.4, 0.5) is 4.39 Å². The van der Waals surface area contributed by atoms with E-state index in [0.717, 1.165) is 17.5 Å². The lowest BCUT2D eigenvalue weighted by Gasteiger charge is -2.07. The summed E-state index contributed by atoms with van der Waals surface area (Å²) in [4.78, 5) is 11.8. The lowest BCUT2D eigenvalue weighted by atomic mass is 9.98. The summed E-state index contributed by atoms with van der Waals surface area (Å²) < 4.78 is 19.1. The maximum atomic E-state index is 13.1. The zero-order valence-electron chi connectivity index (χ0n) is 9.42. The van der Waals surface area contributed by atoms with E-state index in [1.54, 1.807) is 6.07 Å². The van der Waals surface area contributed by atoms with E-state index in [1.807, 2.05) is 0 Å². The van der Waals surface area contributed by atoms with E-state index < -0.39 is 0 Å². The third-order valence-corrected chi connectivity index (χ3v) is 3.71. The number of hydrogen-bond acceptors (Lipinski definition) is 2. The molecule has 92 valence electrons. The van der Waals surface area contributed by atoms with E-state index in [2.05, 4.69) is 15.9 Å². The van der Waals surface area contributed by atoms with Gasteiger partial charge in [-0.1, -0.05) is 15.9 Å². The van der Waals surface area contributed by atoms with Gasteiger partial charge in [0.1, 0.15) is 11.6 Å². The van der Waals surface area contributed by atoms with Gasteiger partial charge in [0.15, 0.2) is 0 Å². The lowest BCUT2D eigenvalue weighted by molar-refractivity contribution is -0.119. The molecule has 2 nitrogen and oxygen atoms in total. The molecule has 0 spiro atoms. The monoisotopic (exact) mass is 300 g/mol. The largest absolute Gasteiger partial charge is 0.381 e. The molecule has 1 aromatic rings. The van der Waals surface area contributed by atoms with Crippen LogP contribution in [0.25, 0.3) is 0 Å². The summed E-state index contributed by atoms with van der Waals surface area (Å²) in [5.41, 5.74) is 0.717. The maximum Gasteiger partial charge on any atom is 0.137 e. The van der Waals surface area contributed by atoms with Gasteiger partial charge >= 0.3 is 0 Å². The van der Waals surface area contributed by atoms with E-state index >= 15 is 0 Å². The second kappa shape index (κ2) is 5.74. The first kappa shape index (κ1) is 12.7. The molecule has 0 bridgehead atoms. The number of ether oxygens (including phenoxy) is 1. The molecule has 1 aliphatic rings. The second-order valence-corrected chi connectivity index (χ2v) is 5.24. The Morgan fingerprint density at radius 3 is 3.06 bits per heavy atom. The number of halogens is 2. The topological polar surface area (TPSA) is 26.3 Å². The van der Waals surface area contributed by atoms with Crippen LogP contribution in [0.15, 0.2) is 22.7 Å².